The van der Waals surface area contributed by atoms with Crippen molar-refractivity contribution in [2.75, 3.05) is 40.0 Å². The van der Waals surface area contributed by atoms with E-state index >= 15 is 0 Å². The largest absolute Gasteiger partial charge is 0.497 e. The number of alkyl halides is 3. The SMILES string of the molecule is CCNC(=NCCCOCC(F)(F)F)NCCc1ccc(OC)cc1.I. The standard InChI is InChI=1S/C17H26F3N3O2.HI/c1-3-21-16(22-10-4-12-25-13-17(18,19)20)23-11-9-14-5-7-15(24-2)8-6-14;/h5-8H,3-4,9-13H2,1-2H3,(H2,21,22,23);1H. The van der Waals surface area contributed by atoms with Crippen LogP contribution in [-0.4, -0.2) is 52.1 Å². The number of benzene rings is 1. The van der Waals surface area contributed by atoms with Crippen LogP contribution in [0.25, 0.3) is 0 Å². The van der Waals surface area contributed by atoms with Gasteiger partial charge in [0.15, 0.2) is 5.96 Å². The summed E-state index contributed by atoms with van der Waals surface area (Å²) in [6.45, 7) is 2.58. The average Bonchev–Trinajstić information content (AvgIpc) is 2.57. The van der Waals surface area contributed by atoms with Gasteiger partial charge in [0.1, 0.15) is 12.4 Å². The van der Waals surface area contributed by atoms with Crippen molar-refractivity contribution in [1.29, 1.82) is 0 Å². The number of ether oxygens (including phenoxy) is 2. The van der Waals surface area contributed by atoms with E-state index in [-0.39, 0.29) is 30.6 Å². The molecule has 0 unspecified atom stereocenters. The lowest BCUT2D eigenvalue weighted by atomic mass is 10.1. The van der Waals surface area contributed by atoms with Gasteiger partial charge in [-0.2, -0.15) is 13.2 Å². The Bertz CT molecular complexity index is 511. The van der Waals surface area contributed by atoms with Gasteiger partial charge < -0.3 is 20.1 Å². The maximum Gasteiger partial charge on any atom is 0.411 e. The van der Waals surface area contributed by atoms with Crippen molar-refractivity contribution in [2.24, 2.45) is 4.99 Å². The van der Waals surface area contributed by atoms with E-state index in [0.29, 0.717) is 32.0 Å². The summed E-state index contributed by atoms with van der Waals surface area (Å²) in [6.07, 6.45) is -3.02. The quantitative estimate of drug-likeness (QED) is 0.229. The van der Waals surface area contributed by atoms with E-state index in [0.717, 1.165) is 12.2 Å². The number of nitrogens with zero attached hydrogens (tertiary/aromatic N) is 1. The van der Waals surface area contributed by atoms with Crippen LogP contribution in [0.5, 0.6) is 5.75 Å². The molecule has 0 aliphatic heterocycles. The van der Waals surface area contributed by atoms with Gasteiger partial charge in [-0.3, -0.25) is 4.99 Å². The van der Waals surface area contributed by atoms with E-state index in [1.165, 1.54) is 5.56 Å². The molecular weight excluding hydrogens is 462 g/mol. The van der Waals surface area contributed by atoms with Crippen molar-refractivity contribution in [3.05, 3.63) is 29.8 Å². The minimum Gasteiger partial charge on any atom is -0.497 e. The second-order valence-electron chi connectivity index (χ2n) is 5.31. The zero-order chi connectivity index (χ0) is 18.5. The third-order valence-electron chi connectivity index (χ3n) is 3.19. The molecule has 1 aromatic carbocycles. The van der Waals surface area contributed by atoms with E-state index in [1.54, 1.807) is 7.11 Å². The van der Waals surface area contributed by atoms with Crippen LogP contribution in [0.3, 0.4) is 0 Å². The van der Waals surface area contributed by atoms with E-state index in [9.17, 15) is 13.2 Å². The molecule has 2 N–H and O–H groups in total. The number of halogens is 4. The Balaban J connectivity index is 0.00000625. The van der Waals surface area contributed by atoms with Gasteiger partial charge in [0, 0.05) is 26.2 Å². The minimum absolute atomic E-state index is 0. The molecule has 0 aromatic heterocycles. The van der Waals surface area contributed by atoms with Crippen molar-refractivity contribution in [3.63, 3.8) is 0 Å². The summed E-state index contributed by atoms with van der Waals surface area (Å²) in [5, 5.41) is 6.30. The average molecular weight is 489 g/mol. The molecule has 26 heavy (non-hydrogen) atoms. The number of rotatable bonds is 10. The number of nitrogens with one attached hydrogen (secondary N) is 2. The van der Waals surface area contributed by atoms with Gasteiger partial charge in [-0.25, -0.2) is 0 Å². The molecule has 0 aliphatic carbocycles. The molecule has 1 aromatic rings. The highest BCUT2D eigenvalue weighted by molar-refractivity contribution is 14.0. The summed E-state index contributed by atoms with van der Waals surface area (Å²) in [5.74, 6) is 1.46. The lowest BCUT2D eigenvalue weighted by molar-refractivity contribution is -0.173. The van der Waals surface area contributed by atoms with Crippen LogP contribution in [0, 0.1) is 0 Å². The molecule has 0 radical (unpaired) electrons. The van der Waals surface area contributed by atoms with Gasteiger partial charge in [-0.1, -0.05) is 12.1 Å². The molecule has 0 heterocycles. The van der Waals surface area contributed by atoms with Crippen LogP contribution in [0.4, 0.5) is 13.2 Å². The lowest BCUT2D eigenvalue weighted by Gasteiger charge is -2.12. The van der Waals surface area contributed by atoms with Crippen molar-refractivity contribution in [1.82, 2.24) is 10.6 Å². The Hall–Kier alpha value is -1.23. The second-order valence-corrected chi connectivity index (χ2v) is 5.31. The second kappa shape index (κ2) is 13.9. The number of guanidine groups is 1. The molecule has 0 amide bonds. The van der Waals surface area contributed by atoms with Gasteiger partial charge in [-0.15, -0.1) is 24.0 Å². The fourth-order valence-electron chi connectivity index (χ4n) is 2.00. The Labute approximate surface area is 169 Å². The lowest BCUT2D eigenvalue weighted by Crippen LogP contribution is -2.38. The number of methoxy groups -OCH3 is 1. The molecule has 0 atom stereocenters. The highest BCUT2D eigenvalue weighted by Crippen LogP contribution is 2.14. The molecule has 0 saturated carbocycles. The Morgan fingerprint density at radius 2 is 1.85 bits per heavy atom. The third-order valence-corrected chi connectivity index (χ3v) is 3.19. The first-order valence-corrected chi connectivity index (χ1v) is 8.24. The van der Waals surface area contributed by atoms with Crippen molar-refractivity contribution in [3.8, 4) is 5.75 Å². The molecule has 5 nitrogen and oxygen atoms in total. The Kier molecular flexibility index (Phi) is 13.2. The first-order valence-electron chi connectivity index (χ1n) is 8.24. The Morgan fingerprint density at radius 1 is 1.15 bits per heavy atom. The van der Waals surface area contributed by atoms with Crippen molar-refractivity contribution in [2.45, 2.75) is 25.9 Å². The van der Waals surface area contributed by atoms with E-state index in [4.69, 9.17) is 4.74 Å². The van der Waals surface area contributed by atoms with Crippen LogP contribution in [0.15, 0.2) is 29.3 Å². The summed E-state index contributed by atoms with van der Waals surface area (Å²) >= 11 is 0. The number of aliphatic imine (C=N–C) groups is 1. The molecule has 0 bridgehead atoms. The van der Waals surface area contributed by atoms with Gasteiger partial charge >= 0.3 is 6.18 Å². The van der Waals surface area contributed by atoms with Crippen LogP contribution < -0.4 is 15.4 Å². The molecular formula is C17H27F3IN3O2. The molecule has 0 aliphatic rings. The predicted molar refractivity (Wildman–Crippen MR) is 108 cm³/mol. The molecule has 0 saturated heterocycles. The zero-order valence-corrected chi connectivity index (χ0v) is 17.4. The minimum atomic E-state index is -4.28. The summed E-state index contributed by atoms with van der Waals surface area (Å²) in [4.78, 5) is 4.32. The highest BCUT2D eigenvalue weighted by atomic mass is 127. The topological polar surface area (TPSA) is 54.9 Å². The molecule has 150 valence electrons. The number of hydrogen-bond donors (Lipinski definition) is 2. The summed E-state index contributed by atoms with van der Waals surface area (Å²) in [6, 6.07) is 7.83. The normalized spacial score (nSPS) is 11.7. The van der Waals surface area contributed by atoms with Crippen molar-refractivity contribution >= 4 is 29.9 Å². The molecule has 0 fully saturated rings. The predicted octanol–water partition coefficient (Wildman–Crippen LogP) is 3.38. The smallest absolute Gasteiger partial charge is 0.411 e. The fourth-order valence-corrected chi connectivity index (χ4v) is 2.00. The Morgan fingerprint density at radius 3 is 2.42 bits per heavy atom. The first kappa shape index (κ1) is 24.8. The highest BCUT2D eigenvalue weighted by Gasteiger charge is 2.27. The summed E-state index contributed by atoms with van der Waals surface area (Å²) in [7, 11) is 1.63. The van der Waals surface area contributed by atoms with Crippen LogP contribution in [0.2, 0.25) is 0 Å². The first-order chi connectivity index (χ1) is 11.9. The number of hydrogen-bond acceptors (Lipinski definition) is 3. The van der Waals surface area contributed by atoms with E-state index in [1.807, 2.05) is 31.2 Å². The fraction of sp³-hybridized carbons (Fsp3) is 0.588. The van der Waals surface area contributed by atoms with Crippen LogP contribution in [-0.2, 0) is 11.2 Å². The van der Waals surface area contributed by atoms with Gasteiger partial charge in [0.05, 0.1) is 7.11 Å². The third kappa shape index (κ3) is 12.2. The van der Waals surface area contributed by atoms with Gasteiger partial charge in [-0.05, 0) is 37.5 Å². The molecule has 1 rings (SSSR count). The summed E-state index contributed by atoms with van der Waals surface area (Å²) in [5.41, 5.74) is 1.17. The van der Waals surface area contributed by atoms with Crippen LogP contribution in [0.1, 0.15) is 18.9 Å². The van der Waals surface area contributed by atoms with Gasteiger partial charge in [0.25, 0.3) is 0 Å². The van der Waals surface area contributed by atoms with Crippen LogP contribution >= 0.6 is 24.0 Å². The molecule has 0 spiro atoms. The van der Waals surface area contributed by atoms with E-state index in [2.05, 4.69) is 20.4 Å². The monoisotopic (exact) mass is 489 g/mol. The van der Waals surface area contributed by atoms with E-state index < -0.39 is 12.8 Å². The zero-order valence-electron chi connectivity index (χ0n) is 15.1. The molecule has 9 heteroatoms. The maximum atomic E-state index is 11.9. The maximum absolute atomic E-state index is 11.9. The van der Waals surface area contributed by atoms with Gasteiger partial charge in [0.2, 0.25) is 0 Å². The van der Waals surface area contributed by atoms with Crippen molar-refractivity contribution < 1.29 is 22.6 Å². The summed E-state index contributed by atoms with van der Waals surface area (Å²) < 4.78 is 45.5.